The Labute approximate surface area is 115 Å². The van der Waals surface area contributed by atoms with Crippen LogP contribution < -0.4 is 10.6 Å². The van der Waals surface area contributed by atoms with E-state index < -0.39 is 23.9 Å². The Morgan fingerprint density at radius 3 is 2.95 bits per heavy atom. The molecule has 0 aromatic heterocycles. The fourth-order valence-corrected chi connectivity index (χ4v) is 2.22. The highest BCUT2D eigenvalue weighted by atomic mass is 35.5. The van der Waals surface area contributed by atoms with Gasteiger partial charge in [-0.3, -0.25) is 4.79 Å². The van der Waals surface area contributed by atoms with Crippen molar-refractivity contribution in [2.75, 3.05) is 13.1 Å². The Morgan fingerprint density at radius 2 is 2.26 bits per heavy atom. The number of halogens is 3. The zero-order valence-electron chi connectivity index (χ0n) is 10.5. The number of benzene rings is 1. The topological polar surface area (TPSA) is 41.1 Å². The number of amides is 1. The first kappa shape index (κ1) is 14.2. The molecule has 2 N–H and O–H groups in total. The zero-order chi connectivity index (χ0) is 14.0. The van der Waals surface area contributed by atoms with Crippen molar-refractivity contribution in [2.24, 2.45) is 0 Å². The van der Waals surface area contributed by atoms with E-state index in [1.165, 1.54) is 6.07 Å². The highest BCUT2D eigenvalue weighted by molar-refractivity contribution is 6.31. The number of piperidine rings is 1. The van der Waals surface area contributed by atoms with E-state index in [4.69, 9.17) is 11.6 Å². The lowest BCUT2D eigenvalue weighted by Gasteiger charge is -2.27. The van der Waals surface area contributed by atoms with Gasteiger partial charge in [0.2, 0.25) is 0 Å². The predicted octanol–water partition coefficient (Wildman–Crippen LogP) is 2.22. The molecule has 6 heteroatoms. The third kappa shape index (κ3) is 3.04. The predicted molar refractivity (Wildman–Crippen MR) is 69.8 cm³/mol. The average molecular weight is 289 g/mol. The fourth-order valence-electron chi connectivity index (χ4n) is 2.05. The summed E-state index contributed by atoms with van der Waals surface area (Å²) >= 11 is 5.76. The molecule has 1 fully saturated rings. The first-order chi connectivity index (χ1) is 9.00. The van der Waals surface area contributed by atoms with Crippen LogP contribution in [0.2, 0.25) is 5.02 Å². The van der Waals surface area contributed by atoms with Crippen LogP contribution in [0, 0.1) is 12.7 Å². The van der Waals surface area contributed by atoms with E-state index >= 15 is 0 Å². The van der Waals surface area contributed by atoms with Gasteiger partial charge in [0.05, 0.1) is 16.6 Å². The average Bonchev–Trinajstić information content (AvgIpc) is 2.39. The van der Waals surface area contributed by atoms with Crippen molar-refractivity contribution in [1.29, 1.82) is 0 Å². The van der Waals surface area contributed by atoms with E-state index in [9.17, 15) is 13.6 Å². The van der Waals surface area contributed by atoms with Crippen LogP contribution in [0.1, 0.15) is 22.3 Å². The van der Waals surface area contributed by atoms with E-state index in [0.29, 0.717) is 18.5 Å². The molecule has 0 saturated carbocycles. The highest BCUT2D eigenvalue weighted by Crippen LogP contribution is 2.22. The number of carbonyl (C=O) groups is 1. The van der Waals surface area contributed by atoms with Crippen LogP contribution in [-0.4, -0.2) is 31.2 Å². The van der Waals surface area contributed by atoms with Crippen molar-refractivity contribution in [1.82, 2.24) is 10.6 Å². The van der Waals surface area contributed by atoms with Crippen LogP contribution in [0.3, 0.4) is 0 Å². The molecule has 1 amide bonds. The molecule has 0 bridgehead atoms. The molecule has 0 radical (unpaired) electrons. The molecule has 19 heavy (non-hydrogen) atoms. The van der Waals surface area contributed by atoms with Crippen molar-refractivity contribution in [3.8, 4) is 0 Å². The Balaban J connectivity index is 2.14. The minimum atomic E-state index is -1.17. The minimum Gasteiger partial charge on any atom is -0.346 e. The van der Waals surface area contributed by atoms with Gasteiger partial charge in [-0.1, -0.05) is 17.7 Å². The summed E-state index contributed by atoms with van der Waals surface area (Å²) in [5.74, 6) is -1.39. The van der Waals surface area contributed by atoms with Crippen LogP contribution in [-0.2, 0) is 0 Å². The number of alkyl halides is 1. The van der Waals surface area contributed by atoms with Gasteiger partial charge in [-0.25, -0.2) is 8.78 Å². The molecule has 0 aliphatic carbocycles. The highest BCUT2D eigenvalue weighted by Gasteiger charge is 2.27. The Morgan fingerprint density at radius 1 is 1.53 bits per heavy atom. The molecule has 1 aliphatic heterocycles. The smallest absolute Gasteiger partial charge is 0.254 e. The van der Waals surface area contributed by atoms with Crippen LogP contribution in [0.25, 0.3) is 0 Å². The second-order valence-corrected chi connectivity index (χ2v) is 5.02. The molecule has 2 atom stereocenters. The summed E-state index contributed by atoms with van der Waals surface area (Å²) in [4.78, 5) is 11.9. The normalized spacial score (nSPS) is 23.2. The second-order valence-electron chi connectivity index (χ2n) is 4.65. The van der Waals surface area contributed by atoms with E-state index in [1.807, 2.05) is 0 Å². The maximum atomic E-state index is 13.9. The van der Waals surface area contributed by atoms with Crippen molar-refractivity contribution in [2.45, 2.75) is 25.6 Å². The number of rotatable bonds is 2. The largest absolute Gasteiger partial charge is 0.346 e. The molecule has 1 aromatic carbocycles. The van der Waals surface area contributed by atoms with Gasteiger partial charge in [-0.2, -0.15) is 0 Å². The molecule has 2 unspecified atom stereocenters. The van der Waals surface area contributed by atoms with E-state index in [2.05, 4.69) is 10.6 Å². The SMILES string of the molecule is Cc1ccc(C(=O)NC2CCNCC2F)c(F)c1Cl. The summed E-state index contributed by atoms with van der Waals surface area (Å²) in [6, 6.07) is 2.34. The Bertz CT molecular complexity index is 496. The maximum absolute atomic E-state index is 13.9. The number of carbonyl (C=O) groups excluding carboxylic acids is 1. The van der Waals surface area contributed by atoms with Gasteiger partial charge in [0.1, 0.15) is 6.17 Å². The van der Waals surface area contributed by atoms with Crippen LogP contribution in [0.15, 0.2) is 12.1 Å². The number of aryl methyl sites for hydroxylation is 1. The van der Waals surface area contributed by atoms with Gasteiger partial charge in [-0.05, 0) is 31.5 Å². The molecule has 0 spiro atoms. The lowest BCUT2D eigenvalue weighted by Crippen LogP contribution is -2.51. The zero-order valence-corrected chi connectivity index (χ0v) is 11.2. The Hall–Kier alpha value is -1.20. The standard InChI is InChI=1S/C13H15ClF2N2O/c1-7-2-3-8(12(16)11(7)14)13(19)18-10-4-5-17-6-9(10)15/h2-3,9-10,17H,4-6H2,1H3,(H,18,19). The summed E-state index contributed by atoms with van der Waals surface area (Å²) in [6.07, 6.45) is -0.685. The van der Waals surface area contributed by atoms with Crippen molar-refractivity contribution in [3.63, 3.8) is 0 Å². The summed E-state index contributed by atoms with van der Waals surface area (Å²) in [5.41, 5.74) is 0.405. The second kappa shape index (κ2) is 5.84. The summed E-state index contributed by atoms with van der Waals surface area (Å²) in [5, 5.41) is 5.33. The third-order valence-electron chi connectivity index (χ3n) is 3.24. The van der Waals surface area contributed by atoms with Gasteiger partial charge in [-0.15, -0.1) is 0 Å². The number of nitrogens with one attached hydrogen (secondary N) is 2. The van der Waals surface area contributed by atoms with Gasteiger partial charge in [0.15, 0.2) is 5.82 Å². The van der Waals surface area contributed by atoms with Gasteiger partial charge in [0.25, 0.3) is 5.91 Å². The first-order valence-corrected chi connectivity index (χ1v) is 6.48. The monoisotopic (exact) mass is 288 g/mol. The molecule has 1 aromatic rings. The quantitative estimate of drug-likeness (QED) is 0.876. The number of hydrogen-bond acceptors (Lipinski definition) is 2. The molecule has 1 aliphatic rings. The molecular weight excluding hydrogens is 274 g/mol. The number of hydrogen-bond donors (Lipinski definition) is 2. The van der Waals surface area contributed by atoms with Crippen LogP contribution in [0.5, 0.6) is 0 Å². The summed E-state index contributed by atoms with van der Waals surface area (Å²) < 4.78 is 27.4. The van der Waals surface area contributed by atoms with Crippen LogP contribution in [0.4, 0.5) is 8.78 Å². The van der Waals surface area contributed by atoms with Gasteiger partial charge in [0, 0.05) is 6.54 Å². The molecule has 1 saturated heterocycles. The van der Waals surface area contributed by atoms with E-state index in [1.54, 1.807) is 13.0 Å². The molecule has 104 valence electrons. The molecule has 3 nitrogen and oxygen atoms in total. The van der Waals surface area contributed by atoms with Crippen molar-refractivity contribution < 1.29 is 13.6 Å². The lowest BCUT2D eigenvalue weighted by atomic mass is 10.0. The van der Waals surface area contributed by atoms with E-state index in [0.717, 1.165) is 0 Å². The van der Waals surface area contributed by atoms with Crippen molar-refractivity contribution >= 4 is 17.5 Å². The molecular formula is C13H15ClF2N2O. The minimum absolute atomic E-state index is 0.0743. The maximum Gasteiger partial charge on any atom is 0.254 e. The van der Waals surface area contributed by atoms with Gasteiger partial charge < -0.3 is 10.6 Å². The molecule has 2 rings (SSSR count). The Kier molecular flexibility index (Phi) is 4.37. The first-order valence-electron chi connectivity index (χ1n) is 6.11. The van der Waals surface area contributed by atoms with Crippen LogP contribution >= 0.6 is 11.6 Å². The third-order valence-corrected chi connectivity index (χ3v) is 3.71. The summed E-state index contributed by atoms with van der Waals surface area (Å²) in [7, 11) is 0. The van der Waals surface area contributed by atoms with Crippen molar-refractivity contribution in [3.05, 3.63) is 34.1 Å². The molecule has 1 heterocycles. The van der Waals surface area contributed by atoms with Gasteiger partial charge >= 0.3 is 0 Å². The van der Waals surface area contributed by atoms with E-state index in [-0.39, 0.29) is 17.1 Å². The lowest BCUT2D eigenvalue weighted by molar-refractivity contribution is 0.0888. The fraction of sp³-hybridized carbons (Fsp3) is 0.462. The summed E-state index contributed by atoms with van der Waals surface area (Å²) in [6.45, 7) is 2.47.